The predicted octanol–water partition coefficient (Wildman–Crippen LogP) is 2.41. The molecular formula is C14H21N3O3. The van der Waals surface area contributed by atoms with Crippen LogP contribution in [-0.4, -0.2) is 25.8 Å². The molecule has 0 aromatic heterocycles. The highest BCUT2D eigenvalue weighted by atomic mass is 16.5. The largest absolute Gasteiger partial charge is 0.497 e. The quantitative estimate of drug-likeness (QED) is 0.640. The molecule has 1 aromatic rings. The number of benzene rings is 1. The molecule has 0 unspecified atom stereocenters. The van der Waals surface area contributed by atoms with Crippen LogP contribution in [0.15, 0.2) is 29.3 Å². The Kier molecular flexibility index (Phi) is 6.36. The molecule has 0 saturated heterocycles. The zero-order valence-corrected chi connectivity index (χ0v) is 12.1. The maximum absolute atomic E-state index is 11.4. The third-order valence-corrected chi connectivity index (χ3v) is 2.48. The van der Waals surface area contributed by atoms with Gasteiger partial charge in [0.05, 0.1) is 19.4 Å². The Morgan fingerprint density at radius 1 is 1.35 bits per heavy atom. The molecule has 110 valence electrons. The van der Waals surface area contributed by atoms with E-state index in [-0.39, 0.29) is 5.96 Å². The summed E-state index contributed by atoms with van der Waals surface area (Å²) >= 11 is 0. The summed E-state index contributed by atoms with van der Waals surface area (Å²) in [6.07, 6.45) is 0.212. The number of aliphatic imine (C=N–C) groups is 1. The van der Waals surface area contributed by atoms with Gasteiger partial charge in [-0.05, 0) is 36.6 Å². The average molecular weight is 279 g/mol. The number of guanidine groups is 1. The van der Waals surface area contributed by atoms with Gasteiger partial charge in [-0.15, -0.1) is 0 Å². The van der Waals surface area contributed by atoms with Crippen molar-refractivity contribution in [2.75, 3.05) is 13.7 Å². The van der Waals surface area contributed by atoms with E-state index in [2.05, 4.69) is 24.2 Å². The topological polar surface area (TPSA) is 85.9 Å². The minimum Gasteiger partial charge on any atom is -0.497 e. The fourth-order valence-corrected chi connectivity index (χ4v) is 1.35. The third kappa shape index (κ3) is 6.08. The summed E-state index contributed by atoms with van der Waals surface area (Å²) in [7, 11) is 1.58. The Hall–Kier alpha value is -2.24. The van der Waals surface area contributed by atoms with Crippen LogP contribution in [0.1, 0.15) is 20.3 Å². The van der Waals surface area contributed by atoms with Crippen LogP contribution in [0.4, 0.5) is 10.5 Å². The molecule has 1 aromatic carbocycles. The molecule has 0 aliphatic rings. The molecule has 1 amide bonds. The first-order valence-corrected chi connectivity index (χ1v) is 6.43. The number of rotatable bonds is 5. The van der Waals surface area contributed by atoms with Gasteiger partial charge in [-0.1, -0.05) is 13.8 Å². The molecule has 0 spiro atoms. The molecule has 0 aliphatic heterocycles. The van der Waals surface area contributed by atoms with E-state index in [1.807, 2.05) is 0 Å². The van der Waals surface area contributed by atoms with E-state index in [1.165, 1.54) is 0 Å². The molecule has 0 aliphatic carbocycles. The lowest BCUT2D eigenvalue weighted by molar-refractivity contribution is 0.146. The smallest absolute Gasteiger partial charge is 0.413 e. The van der Waals surface area contributed by atoms with E-state index < -0.39 is 6.09 Å². The number of carbonyl (C=O) groups is 1. The second kappa shape index (κ2) is 8.04. The second-order valence-electron chi connectivity index (χ2n) is 4.64. The minimum absolute atomic E-state index is 0.00952. The number of amides is 1. The van der Waals surface area contributed by atoms with Crippen molar-refractivity contribution in [2.45, 2.75) is 20.3 Å². The fourth-order valence-electron chi connectivity index (χ4n) is 1.35. The Bertz CT molecular complexity index is 455. The molecule has 20 heavy (non-hydrogen) atoms. The molecule has 0 radical (unpaired) electrons. The van der Waals surface area contributed by atoms with Gasteiger partial charge in [-0.3, -0.25) is 5.32 Å². The van der Waals surface area contributed by atoms with E-state index >= 15 is 0 Å². The number of hydrogen-bond acceptors (Lipinski definition) is 4. The molecule has 3 N–H and O–H groups in total. The highest BCUT2D eigenvalue weighted by Gasteiger charge is 2.04. The summed E-state index contributed by atoms with van der Waals surface area (Å²) in [5.74, 6) is 1.20. The zero-order chi connectivity index (χ0) is 15.0. The van der Waals surface area contributed by atoms with Crippen LogP contribution in [0.5, 0.6) is 5.75 Å². The molecule has 0 heterocycles. The van der Waals surface area contributed by atoms with Crippen molar-refractivity contribution in [3.05, 3.63) is 24.3 Å². The van der Waals surface area contributed by atoms with Crippen LogP contribution >= 0.6 is 0 Å². The van der Waals surface area contributed by atoms with Gasteiger partial charge in [0.2, 0.25) is 5.96 Å². The fraction of sp³-hybridized carbons (Fsp3) is 0.429. The van der Waals surface area contributed by atoms with Gasteiger partial charge < -0.3 is 15.2 Å². The SMILES string of the molecule is COc1ccc(N=C(N)NC(=O)OCCC(C)C)cc1. The maximum Gasteiger partial charge on any atom is 0.413 e. The van der Waals surface area contributed by atoms with Gasteiger partial charge in [0.15, 0.2) is 0 Å². The van der Waals surface area contributed by atoms with Gasteiger partial charge in [0.25, 0.3) is 0 Å². The molecule has 0 fully saturated rings. The summed E-state index contributed by atoms with van der Waals surface area (Å²) in [5, 5.41) is 2.37. The first kappa shape index (κ1) is 15.8. The molecule has 0 bridgehead atoms. The Balaban J connectivity index is 2.45. The summed E-state index contributed by atoms with van der Waals surface area (Å²) in [4.78, 5) is 15.5. The highest BCUT2D eigenvalue weighted by molar-refractivity contribution is 5.94. The molecule has 1 rings (SSSR count). The van der Waals surface area contributed by atoms with E-state index in [1.54, 1.807) is 31.4 Å². The number of methoxy groups -OCH3 is 1. The van der Waals surface area contributed by atoms with Gasteiger partial charge in [0, 0.05) is 0 Å². The van der Waals surface area contributed by atoms with Crippen LogP contribution in [-0.2, 0) is 4.74 Å². The van der Waals surface area contributed by atoms with Crippen molar-refractivity contribution in [3.8, 4) is 5.75 Å². The number of alkyl carbamates (subject to hydrolysis) is 1. The van der Waals surface area contributed by atoms with Crippen molar-refractivity contribution in [1.29, 1.82) is 0 Å². The van der Waals surface area contributed by atoms with E-state index in [9.17, 15) is 4.79 Å². The number of nitrogens with one attached hydrogen (secondary N) is 1. The van der Waals surface area contributed by atoms with Crippen molar-refractivity contribution >= 4 is 17.7 Å². The number of nitrogens with two attached hydrogens (primary N) is 1. The lowest BCUT2D eigenvalue weighted by atomic mass is 10.1. The van der Waals surface area contributed by atoms with Gasteiger partial charge >= 0.3 is 6.09 Å². The molecule has 6 nitrogen and oxygen atoms in total. The predicted molar refractivity (Wildman–Crippen MR) is 78.2 cm³/mol. The number of nitrogens with zero attached hydrogens (tertiary/aromatic N) is 1. The lowest BCUT2D eigenvalue weighted by Crippen LogP contribution is -2.37. The Morgan fingerprint density at radius 2 is 2.00 bits per heavy atom. The third-order valence-electron chi connectivity index (χ3n) is 2.48. The van der Waals surface area contributed by atoms with Crippen LogP contribution in [0.3, 0.4) is 0 Å². The van der Waals surface area contributed by atoms with Crippen molar-refractivity contribution < 1.29 is 14.3 Å². The molecule has 0 saturated carbocycles. The zero-order valence-electron chi connectivity index (χ0n) is 12.1. The lowest BCUT2D eigenvalue weighted by Gasteiger charge is -2.07. The molecule has 6 heteroatoms. The van der Waals surface area contributed by atoms with Crippen LogP contribution < -0.4 is 15.8 Å². The van der Waals surface area contributed by atoms with Crippen molar-refractivity contribution in [2.24, 2.45) is 16.6 Å². The van der Waals surface area contributed by atoms with Gasteiger partial charge in [0.1, 0.15) is 5.75 Å². The summed E-state index contributed by atoms with van der Waals surface area (Å²) < 4.78 is 10.00. The monoisotopic (exact) mass is 279 g/mol. The van der Waals surface area contributed by atoms with Gasteiger partial charge in [-0.25, -0.2) is 9.79 Å². The molecular weight excluding hydrogens is 258 g/mol. The van der Waals surface area contributed by atoms with Gasteiger partial charge in [-0.2, -0.15) is 0 Å². The normalized spacial score (nSPS) is 11.3. The van der Waals surface area contributed by atoms with Crippen LogP contribution in [0.2, 0.25) is 0 Å². The van der Waals surface area contributed by atoms with Crippen molar-refractivity contribution in [3.63, 3.8) is 0 Å². The standard InChI is InChI=1S/C14H21N3O3/c1-10(2)8-9-20-14(18)17-13(15)16-11-4-6-12(19-3)7-5-11/h4-7,10H,8-9H2,1-3H3,(H3,15,16,17,18). The summed E-state index contributed by atoms with van der Waals surface area (Å²) in [6.45, 7) is 4.47. The Morgan fingerprint density at radius 3 is 2.55 bits per heavy atom. The van der Waals surface area contributed by atoms with Crippen LogP contribution in [0, 0.1) is 5.92 Å². The van der Waals surface area contributed by atoms with E-state index in [0.717, 1.165) is 12.2 Å². The molecule has 0 atom stereocenters. The summed E-state index contributed by atoms with van der Waals surface area (Å²) in [5.41, 5.74) is 6.23. The first-order chi connectivity index (χ1) is 9.51. The van der Waals surface area contributed by atoms with E-state index in [0.29, 0.717) is 18.2 Å². The van der Waals surface area contributed by atoms with Crippen molar-refractivity contribution in [1.82, 2.24) is 5.32 Å². The Labute approximate surface area is 119 Å². The first-order valence-electron chi connectivity index (χ1n) is 6.43. The maximum atomic E-state index is 11.4. The van der Waals surface area contributed by atoms with Crippen LogP contribution in [0.25, 0.3) is 0 Å². The minimum atomic E-state index is -0.597. The number of carbonyl (C=O) groups excluding carboxylic acids is 1. The highest BCUT2D eigenvalue weighted by Crippen LogP contribution is 2.17. The van der Waals surface area contributed by atoms with E-state index in [4.69, 9.17) is 15.2 Å². The average Bonchev–Trinajstić information content (AvgIpc) is 2.38. The number of ether oxygens (including phenoxy) is 2. The summed E-state index contributed by atoms with van der Waals surface area (Å²) in [6, 6.07) is 6.98. The second-order valence-corrected chi connectivity index (χ2v) is 4.64. The number of hydrogen-bond donors (Lipinski definition) is 2.